The summed E-state index contributed by atoms with van der Waals surface area (Å²) in [6.45, 7) is 31.2. The zero-order chi connectivity index (χ0) is 28.9. The molecule has 3 unspecified atom stereocenters. The molecule has 7 nitrogen and oxygen atoms in total. The maximum absolute atomic E-state index is 7.75. The van der Waals surface area contributed by atoms with Crippen molar-refractivity contribution in [3.05, 3.63) is 71.8 Å². The molecular formula is C26H36O7PSi2W-5. The van der Waals surface area contributed by atoms with Crippen molar-refractivity contribution in [1.29, 1.82) is 0 Å². The average Bonchev–Trinajstić information content (AvgIpc) is 3.33. The summed E-state index contributed by atoms with van der Waals surface area (Å²) in [4.78, 5) is 39.4. The Hall–Kier alpha value is -1.74. The van der Waals surface area contributed by atoms with Crippen LogP contribution in [0.25, 0.3) is 0 Å². The molecule has 37 heavy (non-hydrogen) atoms. The van der Waals surface area contributed by atoms with Crippen molar-refractivity contribution in [2.24, 2.45) is 0 Å². The molecule has 206 valence electrons. The van der Waals surface area contributed by atoms with Gasteiger partial charge in [-0.15, -0.1) is 0 Å². The zero-order valence-electron chi connectivity index (χ0n) is 22.1. The molecule has 3 rings (SSSR count). The minimum atomic E-state index is -1.41. The molecule has 0 aromatic heterocycles. The second-order valence-electron chi connectivity index (χ2n) is 9.24. The first-order valence-electron chi connectivity index (χ1n) is 10.6. The molecule has 1 heterocycles. The molecule has 11 heteroatoms. The third-order valence-electron chi connectivity index (χ3n) is 4.75. The summed E-state index contributed by atoms with van der Waals surface area (Å²) in [5.74, 6) is 0.0693. The van der Waals surface area contributed by atoms with Gasteiger partial charge in [-0.25, -0.2) is 0 Å². The molecule has 3 atom stereocenters. The van der Waals surface area contributed by atoms with Gasteiger partial charge < -0.3 is 33.2 Å². The standard InChI is InChI=1S/C21H31O2PSi2.5CHO.W/c1-25(2,3)21(26(4,5)6)24-20(18-15-11-8-12-16-18)22-19(23-24)17-13-9-7-10-14-17;5*1-2;/h7-16,19-21H,1-6H3;5*1H;/q;5*-1;. The van der Waals surface area contributed by atoms with Crippen LogP contribution in [0.3, 0.4) is 0 Å². The minimum absolute atomic E-state index is 0. The van der Waals surface area contributed by atoms with Gasteiger partial charge >= 0.3 is 0 Å². The first-order valence-corrected chi connectivity index (χ1v) is 19.1. The fourth-order valence-electron chi connectivity index (χ4n) is 4.22. The largest absolute Gasteiger partial charge is 0.545 e. The van der Waals surface area contributed by atoms with Gasteiger partial charge in [0.05, 0.1) is 24.3 Å². The van der Waals surface area contributed by atoms with Crippen LogP contribution < -0.4 is 0 Å². The van der Waals surface area contributed by atoms with Gasteiger partial charge in [-0.2, -0.15) is 0 Å². The van der Waals surface area contributed by atoms with E-state index >= 15 is 0 Å². The number of hydrogen-bond donors (Lipinski definition) is 0. The summed E-state index contributed by atoms with van der Waals surface area (Å²) in [6, 6.07) is 21.1. The molecule has 1 fully saturated rings. The molecule has 0 bridgehead atoms. The number of benzene rings is 2. The van der Waals surface area contributed by atoms with Crippen molar-refractivity contribution in [1.82, 2.24) is 0 Å². The van der Waals surface area contributed by atoms with E-state index in [0.29, 0.717) is 4.91 Å². The van der Waals surface area contributed by atoms with Crippen molar-refractivity contribution < 1.29 is 54.3 Å². The van der Waals surface area contributed by atoms with Gasteiger partial charge in [-0.05, 0) is 10.5 Å². The summed E-state index contributed by atoms with van der Waals surface area (Å²) >= 11 is 0. The van der Waals surface area contributed by atoms with Crippen LogP contribution in [0, 0.1) is 0 Å². The first kappa shape index (κ1) is 42.4. The van der Waals surface area contributed by atoms with Crippen molar-refractivity contribution in [3.63, 3.8) is 0 Å². The zero-order valence-corrected chi connectivity index (χ0v) is 27.9. The Labute approximate surface area is 239 Å². The molecule has 0 spiro atoms. The summed E-state index contributed by atoms with van der Waals surface area (Å²) in [7, 11) is -3.50. The quantitative estimate of drug-likeness (QED) is 0.171. The minimum Gasteiger partial charge on any atom is -0.545 e. The Kier molecular flexibility index (Phi) is 26.8. The van der Waals surface area contributed by atoms with Crippen molar-refractivity contribution in [3.8, 4) is 0 Å². The fourth-order valence-corrected chi connectivity index (χ4v) is 23.5. The molecule has 1 saturated heterocycles. The monoisotopic (exact) mass is 731 g/mol. The van der Waals surface area contributed by atoms with E-state index in [1.54, 1.807) is 0 Å². The third-order valence-corrected chi connectivity index (χ3v) is 21.2. The van der Waals surface area contributed by atoms with Crippen LogP contribution in [0.1, 0.15) is 23.3 Å². The van der Waals surface area contributed by atoms with Crippen LogP contribution in [0.4, 0.5) is 0 Å². The van der Waals surface area contributed by atoms with Crippen LogP contribution in [0.5, 0.6) is 0 Å². The fraction of sp³-hybridized carbons (Fsp3) is 0.346. The summed E-state index contributed by atoms with van der Waals surface area (Å²) < 4.78 is 13.3. The van der Waals surface area contributed by atoms with E-state index in [1.807, 2.05) is 6.07 Å². The van der Waals surface area contributed by atoms with E-state index in [2.05, 4.69) is 128 Å². The van der Waals surface area contributed by atoms with E-state index < -0.39 is 24.3 Å². The maximum Gasteiger partial charge on any atom is 0.188 e. The Morgan fingerprint density at radius 3 is 1.27 bits per heavy atom. The summed E-state index contributed by atoms with van der Waals surface area (Å²) in [6.07, 6.45) is -0.247. The molecule has 2 aromatic carbocycles. The number of ether oxygens (including phenoxy) is 1. The van der Waals surface area contributed by atoms with Crippen LogP contribution in [0.15, 0.2) is 60.7 Å². The second-order valence-corrected chi connectivity index (χ2v) is 23.3. The Morgan fingerprint density at radius 1 is 0.622 bits per heavy atom. The summed E-state index contributed by atoms with van der Waals surface area (Å²) in [5.41, 5.74) is 2.39. The number of carbonyl (C=O) groups excluding carboxylic acids is 5. The van der Waals surface area contributed by atoms with Gasteiger partial charge in [-0.3, -0.25) is 33.9 Å². The molecular weight excluding hydrogens is 695 g/mol. The van der Waals surface area contributed by atoms with Gasteiger partial charge in [0.1, 0.15) is 5.85 Å². The Balaban J connectivity index is -0.000000444. The predicted octanol–water partition coefficient (Wildman–Crippen LogP) is 5.58. The molecule has 0 saturated carbocycles. The van der Waals surface area contributed by atoms with E-state index in [9.17, 15) is 0 Å². The van der Waals surface area contributed by atoms with Gasteiger partial charge in [-0.1, -0.05) is 99.9 Å². The SMILES string of the molecule is C[Si](C)(C)C(P1OC(c2ccccc2)OC1c1ccccc1)[Si](C)(C)C.[CH-]=O.[CH-]=O.[CH-]=O.[CH-]=O.[CH-]=O.[W]. The molecule has 0 amide bonds. The van der Waals surface area contributed by atoms with Crippen molar-refractivity contribution in [2.45, 2.75) is 56.3 Å². The van der Waals surface area contributed by atoms with Gasteiger partial charge in [0.25, 0.3) is 0 Å². The van der Waals surface area contributed by atoms with Crippen LogP contribution in [-0.2, 0) is 54.3 Å². The Morgan fingerprint density at radius 2 is 0.946 bits per heavy atom. The third kappa shape index (κ3) is 14.1. The Bertz CT molecular complexity index is 782. The van der Waals surface area contributed by atoms with Crippen molar-refractivity contribution >= 4 is 58.2 Å². The van der Waals surface area contributed by atoms with E-state index in [4.69, 9.17) is 33.2 Å². The van der Waals surface area contributed by atoms with Crippen LogP contribution >= 0.6 is 8.15 Å². The normalized spacial score (nSPS) is 17.5. The van der Waals surface area contributed by atoms with Gasteiger partial charge in [0.2, 0.25) is 0 Å². The molecule has 2 aromatic rings. The van der Waals surface area contributed by atoms with E-state index in [0.717, 1.165) is 5.56 Å². The topological polar surface area (TPSA) is 104 Å². The maximum atomic E-state index is 7.75. The average molecular weight is 732 g/mol. The van der Waals surface area contributed by atoms with Gasteiger partial charge in [0.15, 0.2) is 6.29 Å². The smallest absolute Gasteiger partial charge is 0.188 e. The molecule has 0 N–H and O–H groups in total. The first-order chi connectivity index (χ1) is 17.2. The second kappa shape index (κ2) is 23.4. The van der Waals surface area contributed by atoms with Gasteiger partial charge in [0, 0.05) is 26.6 Å². The van der Waals surface area contributed by atoms with Crippen LogP contribution in [-0.4, -0.2) is 55.0 Å². The number of hydrogen-bond acceptors (Lipinski definition) is 7. The van der Waals surface area contributed by atoms with E-state index in [1.165, 1.54) is 5.56 Å². The predicted molar refractivity (Wildman–Crippen MR) is 152 cm³/mol. The van der Waals surface area contributed by atoms with Crippen LogP contribution in [0.2, 0.25) is 39.3 Å². The number of rotatable bonds is 5. The summed E-state index contributed by atoms with van der Waals surface area (Å²) in [5, 5.41) is 0. The molecule has 0 aliphatic carbocycles. The molecule has 1 aliphatic heterocycles. The molecule has 0 radical (unpaired) electrons. The van der Waals surface area contributed by atoms with Crippen molar-refractivity contribution in [2.75, 3.05) is 0 Å². The van der Waals surface area contributed by atoms with E-state index in [-0.39, 0.29) is 33.2 Å². The molecule has 1 aliphatic rings.